The first-order valence-corrected chi connectivity index (χ1v) is 10.2. The van der Waals surface area contributed by atoms with Gasteiger partial charge >= 0.3 is 0 Å². The monoisotopic (exact) mass is 442 g/mol. The highest BCUT2D eigenvalue weighted by Crippen LogP contribution is 2.27. The van der Waals surface area contributed by atoms with E-state index < -0.39 is 0 Å². The Morgan fingerprint density at radius 3 is 2.69 bits per heavy atom. The Balaban J connectivity index is 1.47. The van der Waals surface area contributed by atoms with Crippen molar-refractivity contribution in [2.24, 2.45) is 0 Å². The number of benzene rings is 2. The minimum absolute atomic E-state index is 0.157. The molecular formula is C23H17ClN7O. The quantitative estimate of drug-likeness (QED) is 0.448. The van der Waals surface area contributed by atoms with E-state index >= 15 is 0 Å². The molecular weight excluding hydrogens is 426 g/mol. The van der Waals surface area contributed by atoms with E-state index in [0.29, 0.717) is 16.7 Å². The summed E-state index contributed by atoms with van der Waals surface area (Å²) in [6, 6.07) is 19.8. The molecule has 3 heterocycles. The van der Waals surface area contributed by atoms with Crippen molar-refractivity contribution in [2.75, 3.05) is 0 Å². The molecule has 0 spiro atoms. The van der Waals surface area contributed by atoms with Crippen LogP contribution < -0.4 is 5.56 Å². The number of aromatic nitrogens is 7. The summed E-state index contributed by atoms with van der Waals surface area (Å²) >= 11 is 6.31. The number of imidazole rings is 1. The minimum Gasteiger partial charge on any atom is -0.339 e. The van der Waals surface area contributed by atoms with E-state index in [1.54, 1.807) is 21.5 Å². The molecule has 32 heavy (non-hydrogen) atoms. The van der Waals surface area contributed by atoms with Gasteiger partial charge in [0.15, 0.2) is 5.15 Å². The molecule has 0 aliphatic carbocycles. The average molecular weight is 443 g/mol. The van der Waals surface area contributed by atoms with Gasteiger partial charge in [-0.2, -0.15) is 4.68 Å². The van der Waals surface area contributed by atoms with Gasteiger partial charge in [0.05, 0.1) is 17.9 Å². The fourth-order valence-corrected chi connectivity index (χ4v) is 3.80. The predicted octanol–water partition coefficient (Wildman–Crippen LogP) is 3.69. The lowest BCUT2D eigenvalue weighted by Crippen LogP contribution is -2.20. The molecule has 1 N–H and O–H groups in total. The molecule has 0 fully saturated rings. The van der Waals surface area contributed by atoms with Gasteiger partial charge in [0.1, 0.15) is 12.2 Å². The summed E-state index contributed by atoms with van der Waals surface area (Å²) < 4.78 is 3.15. The van der Waals surface area contributed by atoms with Gasteiger partial charge in [-0.3, -0.25) is 4.79 Å². The number of rotatable bonds is 5. The number of tetrazole rings is 1. The number of halogens is 1. The molecule has 2 aromatic carbocycles. The maximum Gasteiger partial charge on any atom is 0.251 e. The van der Waals surface area contributed by atoms with Gasteiger partial charge in [0.25, 0.3) is 5.56 Å². The topological polar surface area (TPSA) is 94.3 Å². The molecule has 1 radical (unpaired) electrons. The Labute approximate surface area is 188 Å². The molecule has 8 nitrogen and oxygen atoms in total. The molecule has 0 aliphatic rings. The number of nitrogens with zero attached hydrogens (tertiary/aromatic N) is 6. The summed E-state index contributed by atoms with van der Waals surface area (Å²) in [5.74, 6) is 0.595. The molecule has 9 heteroatoms. The van der Waals surface area contributed by atoms with Crippen LogP contribution in [0.1, 0.15) is 11.4 Å². The number of aromatic amines is 1. The van der Waals surface area contributed by atoms with Crippen LogP contribution >= 0.6 is 11.6 Å². The van der Waals surface area contributed by atoms with Crippen molar-refractivity contribution in [2.45, 2.75) is 13.5 Å². The zero-order chi connectivity index (χ0) is 22.1. The van der Waals surface area contributed by atoms with Crippen LogP contribution in [-0.4, -0.2) is 34.7 Å². The van der Waals surface area contributed by atoms with E-state index in [0.717, 1.165) is 27.9 Å². The van der Waals surface area contributed by atoms with Gasteiger partial charge in [0, 0.05) is 23.4 Å². The number of H-pyrrole nitrogens is 1. The van der Waals surface area contributed by atoms with E-state index in [1.807, 2.05) is 55.5 Å². The molecule has 0 aliphatic heterocycles. The van der Waals surface area contributed by atoms with Gasteiger partial charge in [-0.1, -0.05) is 47.5 Å². The highest BCUT2D eigenvalue weighted by molar-refractivity contribution is 6.31. The summed E-state index contributed by atoms with van der Waals surface area (Å²) in [6.07, 6.45) is 3.27. The third-order valence-electron chi connectivity index (χ3n) is 5.09. The summed E-state index contributed by atoms with van der Waals surface area (Å²) in [4.78, 5) is 20.5. The lowest BCUT2D eigenvalue weighted by atomic mass is 10.0. The van der Waals surface area contributed by atoms with Crippen LogP contribution in [-0.2, 0) is 6.54 Å². The Bertz CT molecular complexity index is 1440. The van der Waals surface area contributed by atoms with E-state index in [2.05, 4.69) is 31.6 Å². The van der Waals surface area contributed by atoms with Crippen LogP contribution in [0.4, 0.5) is 0 Å². The smallest absolute Gasteiger partial charge is 0.251 e. The minimum atomic E-state index is -0.157. The van der Waals surface area contributed by atoms with Gasteiger partial charge in [-0.15, -0.1) is 5.10 Å². The van der Waals surface area contributed by atoms with Gasteiger partial charge in [0.2, 0.25) is 0 Å². The maximum absolute atomic E-state index is 12.9. The van der Waals surface area contributed by atoms with Crippen molar-refractivity contribution >= 4 is 11.6 Å². The summed E-state index contributed by atoms with van der Waals surface area (Å²) in [6.45, 7) is 2.27. The van der Waals surface area contributed by atoms with Crippen molar-refractivity contribution in [3.8, 4) is 28.1 Å². The van der Waals surface area contributed by atoms with Crippen LogP contribution in [0.2, 0.25) is 5.15 Å². The highest BCUT2D eigenvalue weighted by Gasteiger charge is 2.13. The van der Waals surface area contributed by atoms with E-state index in [4.69, 9.17) is 11.6 Å². The molecule has 5 rings (SSSR count). The number of aryl methyl sites for hydroxylation is 1. The number of pyridine rings is 1. The molecule has 0 saturated heterocycles. The van der Waals surface area contributed by atoms with Gasteiger partial charge < -0.3 is 9.55 Å². The molecule has 0 saturated carbocycles. The Kier molecular flexibility index (Phi) is 5.12. The first kappa shape index (κ1) is 19.9. The van der Waals surface area contributed by atoms with Crippen LogP contribution in [0.5, 0.6) is 0 Å². The summed E-state index contributed by atoms with van der Waals surface area (Å²) in [5.41, 5.74) is 4.97. The highest BCUT2D eigenvalue weighted by atomic mass is 35.5. The SMILES string of the molecule is Cc1ccc(-n2cnnn2)c(-c2ccn(Cc3nc(Cl)c(-c4cc[c]cc4)[nH]3)c(=O)c2)c1. The predicted molar refractivity (Wildman–Crippen MR) is 121 cm³/mol. The average Bonchev–Trinajstić information content (AvgIpc) is 3.46. The normalized spacial score (nSPS) is 11.1. The van der Waals surface area contributed by atoms with Gasteiger partial charge in [-0.25, -0.2) is 4.98 Å². The second kappa shape index (κ2) is 8.24. The van der Waals surface area contributed by atoms with Crippen LogP contribution in [0, 0.1) is 13.0 Å². The molecule has 0 amide bonds. The van der Waals surface area contributed by atoms with Crippen molar-refractivity contribution in [3.05, 3.63) is 100 Å². The van der Waals surface area contributed by atoms with Crippen molar-refractivity contribution in [1.82, 2.24) is 34.7 Å². The molecule has 0 unspecified atom stereocenters. The molecule has 0 bridgehead atoms. The number of nitrogens with one attached hydrogen (secondary N) is 1. The number of hydrogen-bond donors (Lipinski definition) is 1. The summed E-state index contributed by atoms with van der Waals surface area (Å²) in [5, 5.41) is 11.8. The molecule has 5 aromatic rings. The lowest BCUT2D eigenvalue weighted by Gasteiger charge is -2.11. The zero-order valence-corrected chi connectivity index (χ0v) is 17.8. The second-order valence-electron chi connectivity index (χ2n) is 7.29. The molecule has 3 aromatic heterocycles. The van der Waals surface area contributed by atoms with E-state index in [9.17, 15) is 4.79 Å². The summed E-state index contributed by atoms with van der Waals surface area (Å²) in [7, 11) is 0. The molecule has 0 atom stereocenters. The molecule has 157 valence electrons. The van der Waals surface area contributed by atoms with E-state index in [-0.39, 0.29) is 12.1 Å². The maximum atomic E-state index is 12.9. The van der Waals surface area contributed by atoms with Crippen molar-refractivity contribution in [3.63, 3.8) is 0 Å². The Morgan fingerprint density at radius 2 is 1.94 bits per heavy atom. The zero-order valence-electron chi connectivity index (χ0n) is 17.0. The van der Waals surface area contributed by atoms with Crippen LogP contribution in [0.25, 0.3) is 28.1 Å². The largest absolute Gasteiger partial charge is 0.339 e. The lowest BCUT2D eigenvalue weighted by molar-refractivity contribution is 0.725. The Hall–Kier alpha value is -4.04. The number of hydrogen-bond acceptors (Lipinski definition) is 5. The fraction of sp³-hybridized carbons (Fsp3) is 0.0870. The third-order valence-corrected chi connectivity index (χ3v) is 5.36. The van der Waals surface area contributed by atoms with Gasteiger partial charge in [-0.05, 0) is 47.2 Å². The van der Waals surface area contributed by atoms with Crippen LogP contribution in [0.3, 0.4) is 0 Å². The Morgan fingerprint density at radius 1 is 1.09 bits per heavy atom. The second-order valence-corrected chi connectivity index (χ2v) is 7.65. The van der Waals surface area contributed by atoms with Crippen molar-refractivity contribution < 1.29 is 0 Å². The first-order chi connectivity index (χ1) is 15.6. The fourth-order valence-electron chi connectivity index (χ4n) is 3.54. The third kappa shape index (κ3) is 3.83. The standard InChI is InChI=1S/C23H17ClN7O/c1-15-7-8-19(31-14-25-28-29-31)18(11-15)17-9-10-30(21(32)12-17)13-20-26-22(23(24)27-20)16-5-3-2-4-6-16/h3-12,14H,13H2,1H3,(H,26,27). The van der Waals surface area contributed by atoms with E-state index in [1.165, 1.54) is 6.33 Å². The first-order valence-electron chi connectivity index (χ1n) is 9.84. The van der Waals surface area contributed by atoms with Crippen LogP contribution in [0.15, 0.2) is 71.9 Å². The van der Waals surface area contributed by atoms with Crippen molar-refractivity contribution in [1.29, 1.82) is 0 Å².